The van der Waals surface area contributed by atoms with E-state index in [9.17, 15) is 9.59 Å². The third kappa shape index (κ3) is 4.29. The Bertz CT molecular complexity index is 305. The number of quaternary nitrogens is 1. The summed E-state index contributed by atoms with van der Waals surface area (Å²) in [6.07, 6.45) is 4.89. The van der Waals surface area contributed by atoms with Gasteiger partial charge in [-0.2, -0.15) is 0 Å². The second-order valence-electron chi connectivity index (χ2n) is 5.74. The van der Waals surface area contributed by atoms with Crippen molar-refractivity contribution in [2.24, 2.45) is 17.6 Å². The van der Waals surface area contributed by atoms with Crippen LogP contribution < -0.4 is 16.4 Å². The van der Waals surface area contributed by atoms with E-state index in [0.717, 1.165) is 6.42 Å². The fourth-order valence-electron chi connectivity index (χ4n) is 2.71. The predicted octanol–water partition coefficient (Wildman–Crippen LogP) is 0.348. The average molecular weight is 256 g/mol. The molecule has 3 atom stereocenters. The first kappa shape index (κ1) is 15.0. The van der Waals surface area contributed by atoms with Crippen molar-refractivity contribution >= 4 is 11.9 Å². The van der Waals surface area contributed by atoms with E-state index in [4.69, 9.17) is 5.73 Å². The normalized spacial score (nSPS) is 25.8. The number of carbonyl (C=O) groups is 2. The van der Waals surface area contributed by atoms with Gasteiger partial charge in [0.1, 0.15) is 0 Å². The first-order valence-electron chi connectivity index (χ1n) is 6.87. The topological polar surface area (TPSA) is 88.8 Å². The van der Waals surface area contributed by atoms with Crippen molar-refractivity contribution in [1.82, 2.24) is 5.32 Å². The van der Waals surface area contributed by atoms with Gasteiger partial charge < -0.3 is 11.1 Å². The highest BCUT2D eigenvalue weighted by Crippen LogP contribution is 2.21. The largest absolute Gasteiger partial charge is 0.351 e. The van der Waals surface area contributed by atoms with Gasteiger partial charge in [-0.25, -0.2) is 4.79 Å². The van der Waals surface area contributed by atoms with E-state index in [0.29, 0.717) is 12.0 Å². The van der Waals surface area contributed by atoms with E-state index in [1.54, 1.807) is 0 Å². The molecule has 5 heteroatoms. The van der Waals surface area contributed by atoms with Gasteiger partial charge in [0.15, 0.2) is 6.04 Å². The molecule has 0 aromatic carbocycles. The van der Waals surface area contributed by atoms with Crippen molar-refractivity contribution in [3.05, 3.63) is 0 Å². The molecular weight excluding hydrogens is 230 g/mol. The molecule has 0 spiro atoms. The third-order valence-corrected chi connectivity index (χ3v) is 3.90. The molecule has 1 aliphatic carbocycles. The number of hydrogen-bond donors (Lipinski definition) is 3. The summed E-state index contributed by atoms with van der Waals surface area (Å²) in [4.78, 5) is 22.7. The monoisotopic (exact) mass is 256 g/mol. The van der Waals surface area contributed by atoms with Crippen LogP contribution in [0.25, 0.3) is 0 Å². The molecule has 5 nitrogen and oxygen atoms in total. The Kier molecular flexibility index (Phi) is 5.59. The average Bonchev–Trinajstić information content (AvgIpc) is 2.26. The fourth-order valence-corrected chi connectivity index (χ4v) is 2.71. The minimum Gasteiger partial charge on any atom is -0.351 e. The first-order valence-corrected chi connectivity index (χ1v) is 6.87. The van der Waals surface area contributed by atoms with E-state index in [-0.39, 0.29) is 17.9 Å². The van der Waals surface area contributed by atoms with Gasteiger partial charge in [0.2, 0.25) is 0 Å². The van der Waals surface area contributed by atoms with Gasteiger partial charge in [-0.3, -0.25) is 10.1 Å². The predicted molar refractivity (Wildman–Crippen MR) is 69.7 cm³/mol. The number of nitrogens with two attached hydrogens (primary N) is 2. The molecule has 0 aromatic rings. The molecule has 0 unspecified atom stereocenters. The van der Waals surface area contributed by atoms with Gasteiger partial charge in [-0.05, 0) is 19.3 Å². The molecule has 0 bridgehead atoms. The lowest BCUT2D eigenvalue weighted by Gasteiger charge is -2.30. The minimum absolute atomic E-state index is 0.179. The van der Waals surface area contributed by atoms with E-state index in [1.807, 2.05) is 13.8 Å². The summed E-state index contributed by atoms with van der Waals surface area (Å²) >= 11 is 0. The number of urea groups is 1. The Labute approximate surface area is 109 Å². The Hall–Kier alpha value is -1.10. The zero-order valence-corrected chi connectivity index (χ0v) is 11.6. The number of primary amides is 1. The van der Waals surface area contributed by atoms with Gasteiger partial charge in [-0.1, -0.05) is 27.2 Å². The second-order valence-corrected chi connectivity index (χ2v) is 5.74. The lowest BCUT2D eigenvalue weighted by atomic mass is 9.85. The molecule has 1 rings (SSSR count). The van der Waals surface area contributed by atoms with Crippen molar-refractivity contribution in [3.63, 3.8) is 0 Å². The van der Waals surface area contributed by atoms with Crippen LogP contribution in [-0.4, -0.2) is 24.0 Å². The SMILES string of the molecule is CC(C)[C@H]([NH2+][C@H]1CCCC[C@H]1C)C(=O)NC(N)=O. The van der Waals surface area contributed by atoms with Crippen LogP contribution in [0.3, 0.4) is 0 Å². The van der Waals surface area contributed by atoms with Gasteiger partial charge in [0.05, 0.1) is 6.04 Å². The summed E-state index contributed by atoms with van der Waals surface area (Å²) < 4.78 is 0. The van der Waals surface area contributed by atoms with Crippen molar-refractivity contribution in [3.8, 4) is 0 Å². The van der Waals surface area contributed by atoms with Crippen LogP contribution in [0, 0.1) is 11.8 Å². The van der Waals surface area contributed by atoms with Crippen LogP contribution in [0.4, 0.5) is 4.79 Å². The maximum Gasteiger partial charge on any atom is 0.319 e. The number of carbonyl (C=O) groups excluding carboxylic acids is 2. The molecule has 1 saturated carbocycles. The molecule has 1 aliphatic rings. The van der Waals surface area contributed by atoms with Gasteiger partial charge >= 0.3 is 6.03 Å². The Balaban J connectivity index is 2.61. The quantitative estimate of drug-likeness (QED) is 0.677. The van der Waals surface area contributed by atoms with Crippen LogP contribution in [0.1, 0.15) is 46.5 Å². The van der Waals surface area contributed by atoms with Gasteiger partial charge in [0, 0.05) is 11.8 Å². The summed E-state index contributed by atoms with van der Waals surface area (Å²) in [6, 6.07) is -0.524. The van der Waals surface area contributed by atoms with Crippen LogP contribution in [0.2, 0.25) is 0 Å². The summed E-state index contributed by atoms with van der Waals surface area (Å²) in [5.74, 6) is 0.537. The van der Waals surface area contributed by atoms with Crippen molar-refractivity contribution in [2.45, 2.75) is 58.5 Å². The molecule has 0 aliphatic heterocycles. The molecule has 0 aromatic heterocycles. The van der Waals surface area contributed by atoms with E-state index in [1.165, 1.54) is 19.3 Å². The first-order chi connectivity index (χ1) is 8.41. The van der Waals surface area contributed by atoms with Crippen molar-refractivity contribution in [2.75, 3.05) is 0 Å². The molecule has 0 saturated heterocycles. The maximum atomic E-state index is 11.9. The zero-order valence-electron chi connectivity index (χ0n) is 11.6. The molecule has 104 valence electrons. The number of nitrogens with one attached hydrogen (secondary N) is 1. The second kappa shape index (κ2) is 6.73. The molecule has 0 heterocycles. The summed E-state index contributed by atoms with van der Waals surface area (Å²) in [7, 11) is 0. The molecule has 18 heavy (non-hydrogen) atoms. The summed E-state index contributed by atoms with van der Waals surface area (Å²) in [5, 5.41) is 4.33. The van der Waals surface area contributed by atoms with Crippen molar-refractivity contribution in [1.29, 1.82) is 0 Å². The van der Waals surface area contributed by atoms with Crippen LogP contribution in [0.15, 0.2) is 0 Å². The van der Waals surface area contributed by atoms with Crippen LogP contribution >= 0.6 is 0 Å². The van der Waals surface area contributed by atoms with E-state index >= 15 is 0 Å². The highest BCUT2D eigenvalue weighted by Gasteiger charge is 2.33. The molecule has 3 amide bonds. The summed E-state index contributed by atoms with van der Waals surface area (Å²) in [6.45, 7) is 6.23. The number of rotatable bonds is 4. The van der Waals surface area contributed by atoms with Gasteiger partial charge in [0.25, 0.3) is 5.91 Å². The zero-order chi connectivity index (χ0) is 13.7. The smallest absolute Gasteiger partial charge is 0.319 e. The standard InChI is InChI=1S/C13H25N3O2/c1-8(2)11(12(17)16-13(14)18)15-10-7-5-4-6-9(10)3/h8-11,15H,4-7H2,1-3H3,(H3,14,16,17,18)/p+1/t9-,10+,11+/m1/s1. The van der Waals surface area contributed by atoms with E-state index in [2.05, 4.69) is 17.6 Å². The lowest BCUT2D eigenvalue weighted by Crippen LogP contribution is -2.99. The number of hydrogen-bond acceptors (Lipinski definition) is 2. The highest BCUT2D eigenvalue weighted by molar-refractivity contribution is 5.95. The van der Waals surface area contributed by atoms with E-state index < -0.39 is 6.03 Å². The Morgan fingerprint density at radius 2 is 1.89 bits per heavy atom. The summed E-state index contributed by atoms with van der Waals surface area (Å²) in [5.41, 5.74) is 5.01. The Morgan fingerprint density at radius 1 is 1.28 bits per heavy atom. The van der Waals surface area contributed by atoms with Gasteiger partial charge in [-0.15, -0.1) is 0 Å². The minimum atomic E-state index is -0.768. The van der Waals surface area contributed by atoms with Crippen LogP contribution in [0.5, 0.6) is 0 Å². The molecular formula is C13H26N3O2+. The molecule has 5 N–H and O–H groups in total. The maximum absolute atomic E-state index is 11.9. The Morgan fingerprint density at radius 3 is 2.39 bits per heavy atom. The fraction of sp³-hybridized carbons (Fsp3) is 0.846. The van der Waals surface area contributed by atoms with Crippen LogP contribution in [-0.2, 0) is 4.79 Å². The lowest BCUT2D eigenvalue weighted by molar-refractivity contribution is -0.722. The number of amides is 3. The molecule has 1 fully saturated rings. The third-order valence-electron chi connectivity index (χ3n) is 3.90. The number of imide groups is 1. The molecule has 0 radical (unpaired) electrons. The van der Waals surface area contributed by atoms with Crippen molar-refractivity contribution < 1.29 is 14.9 Å². The highest BCUT2D eigenvalue weighted by atomic mass is 16.2.